The predicted octanol–water partition coefficient (Wildman–Crippen LogP) is -0.749. The topological polar surface area (TPSA) is 95.7 Å². The van der Waals surface area contributed by atoms with E-state index in [1.807, 2.05) is 18.2 Å². The SMILES string of the molecule is NS(=O)(=O)N1CCN(C(=O)c2ccc3c(c2)CNC3)CC1. The third-order valence-corrected chi connectivity index (χ3v) is 5.05. The zero-order chi connectivity index (χ0) is 15.0. The Morgan fingerprint density at radius 2 is 1.76 bits per heavy atom. The van der Waals surface area contributed by atoms with Crippen molar-refractivity contribution in [2.45, 2.75) is 13.1 Å². The molecule has 1 aromatic carbocycles. The fourth-order valence-electron chi connectivity index (χ4n) is 2.76. The molecule has 0 aliphatic carbocycles. The highest BCUT2D eigenvalue weighted by Gasteiger charge is 2.27. The van der Waals surface area contributed by atoms with Crippen LogP contribution in [-0.4, -0.2) is 49.7 Å². The van der Waals surface area contributed by atoms with Crippen molar-refractivity contribution in [3.63, 3.8) is 0 Å². The number of carbonyl (C=O) groups is 1. The lowest BCUT2D eigenvalue weighted by molar-refractivity contribution is 0.0698. The molecule has 114 valence electrons. The minimum Gasteiger partial charge on any atom is -0.336 e. The van der Waals surface area contributed by atoms with E-state index >= 15 is 0 Å². The van der Waals surface area contributed by atoms with Crippen LogP contribution in [0.15, 0.2) is 18.2 Å². The Labute approximate surface area is 123 Å². The van der Waals surface area contributed by atoms with Gasteiger partial charge in [0.15, 0.2) is 0 Å². The van der Waals surface area contributed by atoms with Crippen LogP contribution in [0.3, 0.4) is 0 Å². The van der Waals surface area contributed by atoms with Crippen molar-refractivity contribution in [1.82, 2.24) is 14.5 Å². The predicted molar refractivity (Wildman–Crippen MR) is 77.6 cm³/mol. The molecular formula is C13H18N4O3S. The van der Waals surface area contributed by atoms with E-state index in [-0.39, 0.29) is 19.0 Å². The molecule has 0 spiro atoms. The van der Waals surface area contributed by atoms with Crippen LogP contribution in [0, 0.1) is 0 Å². The van der Waals surface area contributed by atoms with Crippen molar-refractivity contribution in [3.05, 3.63) is 34.9 Å². The van der Waals surface area contributed by atoms with Crippen LogP contribution in [0.4, 0.5) is 0 Å². The smallest absolute Gasteiger partial charge is 0.277 e. The molecule has 0 aromatic heterocycles. The first-order chi connectivity index (χ1) is 9.95. The molecule has 2 heterocycles. The van der Waals surface area contributed by atoms with Gasteiger partial charge in [0.1, 0.15) is 0 Å². The van der Waals surface area contributed by atoms with E-state index in [1.165, 1.54) is 9.87 Å². The van der Waals surface area contributed by atoms with Gasteiger partial charge >= 0.3 is 0 Å². The molecule has 0 saturated carbocycles. The lowest BCUT2D eigenvalue weighted by Crippen LogP contribution is -2.52. The van der Waals surface area contributed by atoms with E-state index in [2.05, 4.69) is 5.32 Å². The molecule has 0 bridgehead atoms. The third kappa shape index (κ3) is 2.93. The van der Waals surface area contributed by atoms with Gasteiger partial charge in [-0.25, -0.2) is 5.14 Å². The zero-order valence-corrected chi connectivity index (χ0v) is 12.4. The molecule has 3 N–H and O–H groups in total. The van der Waals surface area contributed by atoms with Crippen LogP contribution in [-0.2, 0) is 23.3 Å². The Bertz CT molecular complexity index is 666. The number of amides is 1. The van der Waals surface area contributed by atoms with Crippen LogP contribution >= 0.6 is 0 Å². The van der Waals surface area contributed by atoms with Crippen LogP contribution in [0.2, 0.25) is 0 Å². The number of nitrogens with one attached hydrogen (secondary N) is 1. The van der Waals surface area contributed by atoms with E-state index < -0.39 is 10.2 Å². The highest BCUT2D eigenvalue weighted by atomic mass is 32.2. The van der Waals surface area contributed by atoms with Crippen molar-refractivity contribution >= 4 is 16.1 Å². The van der Waals surface area contributed by atoms with Crippen LogP contribution in [0.25, 0.3) is 0 Å². The Morgan fingerprint density at radius 3 is 2.43 bits per heavy atom. The van der Waals surface area contributed by atoms with E-state index in [4.69, 9.17) is 5.14 Å². The van der Waals surface area contributed by atoms with Crippen molar-refractivity contribution in [3.8, 4) is 0 Å². The van der Waals surface area contributed by atoms with Crippen LogP contribution in [0.5, 0.6) is 0 Å². The van der Waals surface area contributed by atoms with Crippen molar-refractivity contribution in [1.29, 1.82) is 0 Å². The van der Waals surface area contributed by atoms with Gasteiger partial charge in [-0.15, -0.1) is 0 Å². The average Bonchev–Trinajstić information content (AvgIpc) is 2.93. The first-order valence-electron chi connectivity index (χ1n) is 6.85. The molecule has 8 heteroatoms. The lowest BCUT2D eigenvalue weighted by atomic mass is 10.1. The summed E-state index contributed by atoms with van der Waals surface area (Å²) in [6, 6.07) is 5.73. The van der Waals surface area contributed by atoms with Gasteiger partial charge in [-0.2, -0.15) is 12.7 Å². The lowest BCUT2D eigenvalue weighted by Gasteiger charge is -2.33. The first kappa shape index (κ1) is 14.5. The second-order valence-electron chi connectivity index (χ2n) is 5.32. The number of nitrogens with two attached hydrogens (primary N) is 1. The Kier molecular flexibility index (Phi) is 3.70. The van der Waals surface area contributed by atoms with E-state index in [1.54, 1.807) is 4.90 Å². The minimum atomic E-state index is -3.66. The van der Waals surface area contributed by atoms with Gasteiger partial charge in [-0.1, -0.05) is 6.07 Å². The number of carbonyl (C=O) groups excluding carboxylic acids is 1. The summed E-state index contributed by atoms with van der Waals surface area (Å²) in [5.41, 5.74) is 3.04. The van der Waals surface area contributed by atoms with Gasteiger partial charge in [0.2, 0.25) is 0 Å². The van der Waals surface area contributed by atoms with Crippen molar-refractivity contribution in [2.75, 3.05) is 26.2 Å². The summed E-state index contributed by atoms with van der Waals surface area (Å²) in [6.45, 7) is 2.86. The maximum atomic E-state index is 12.5. The summed E-state index contributed by atoms with van der Waals surface area (Å²) in [4.78, 5) is 14.1. The minimum absolute atomic E-state index is 0.0567. The van der Waals surface area contributed by atoms with E-state index in [9.17, 15) is 13.2 Å². The fraction of sp³-hybridized carbons (Fsp3) is 0.462. The number of fused-ring (bicyclic) bond motifs is 1. The molecule has 2 aliphatic rings. The van der Waals surface area contributed by atoms with Crippen molar-refractivity contribution in [2.24, 2.45) is 5.14 Å². The average molecular weight is 310 g/mol. The third-order valence-electron chi connectivity index (χ3n) is 3.97. The summed E-state index contributed by atoms with van der Waals surface area (Å²) in [7, 11) is -3.66. The number of piperazine rings is 1. The van der Waals surface area contributed by atoms with Crippen molar-refractivity contribution < 1.29 is 13.2 Å². The van der Waals surface area contributed by atoms with Crippen LogP contribution < -0.4 is 10.5 Å². The fourth-order valence-corrected chi connectivity index (χ4v) is 3.43. The molecule has 0 unspecified atom stereocenters. The normalized spacial score (nSPS) is 19.6. The number of hydrogen-bond donors (Lipinski definition) is 2. The second-order valence-corrected chi connectivity index (χ2v) is 6.87. The molecule has 1 aromatic rings. The summed E-state index contributed by atoms with van der Waals surface area (Å²) in [5.74, 6) is -0.0567. The van der Waals surface area contributed by atoms with Crippen LogP contribution in [0.1, 0.15) is 21.5 Å². The highest BCUT2D eigenvalue weighted by Crippen LogP contribution is 2.18. The summed E-state index contributed by atoms with van der Waals surface area (Å²) in [6.07, 6.45) is 0. The quantitative estimate of drug-likeness (QED) is 0.751. The Balaban J connectivity index is 1.70. The van der Waals surface area contributed by atoms with Gasteiger partial charge in [0, 0.05) is 44.8 Å². The molecule has 1 amide bonds. The number of rotatable bonds is 2. The molecule has 0 radical (unpaired) electrons. The van der Waals surface area contributed by atoms with Gasteiger partial charge in [-0.3, -0.25) is 4.79 Å². The van der Waals surface area contributed by atoms with Gasteiger partial charge < -0.3 is 10.2 Å². The second kappa shape index (κ2) is 5.38. The molecule has 1 saturated heterocycles. The Morgan fingerprint density at radius 1 is 1.10 bits per heavy atom. The maximum absolute atomic E-state index is 12.5. The number of hydrogen-bond acceptors (Lipinski definition) is 4. The van der Waals surface area contributed by atoms with E-state index in [0.29, 0.717) is 18.7 Å². The molecule has 21 heavy (non-hydrogen) atoms. The number of benzene rings is 1. The Hall–Kier alpha value is -1.48. The summed E-state index contributed by atoms with van der Waals surface area (Å²) in [5, 5.41) is 8.34. The molecule has 1 fully saturated rings. The number of nitrogens with zero attached hydrogens (tertiary/aromatic N) is 2. The maximum Gasteiger partial charge on any atom is 0.277 e. The highest BCUT2D eigenvalue weighted by molar-refractivity contribution is 7.86. The van der Waals surface area contributed by atoms with Gasteiger partial charge in [-0.05, 0) is 23.3 Å². The zero-order valence-electron chi connectivity index (χ0n) is 11.6. The largest absolute Gasteiger partial charge is 0.336 e. The van der Waals surface area contributed by atoms with E-state index in [0.717, 1.165) is 18.7 Å². The molecule has 7 nitrogen and oxygen atoms in total. The molecular weight excluding hydrogens is 292 g/mol. The van der Waals surface area contributed by atoms with Gasteiger partial charge in [0.25, 0.3) is 16.1 Å². The first-order valence-corrected chi connectivity index (χ1v) is 8.35. The molecule has 2 aliphatic heterocycles. The summed E-state index contributed by atoms with van der Waals surface area (Å²) < 4.78 is 23.7. The summed E-state index contributed by atoms with van der Waals surface area (Å²) >= 11 is 0. The monoisotopic (exact) mass is 310 g/mol. The standard InChI is InChI=1S/C13H18N4O3S/c14-21(19,20)17-5-3-16(4-6-17)13(18)10-1-2-11-8-15-9-12(11)7-10/h1-2,7,15H,3-6,8-9H2,(H2,14,19,20). The molecule has 0 atom stereocenters. The molecule has 3 rings (SSSR count). The van der Waals surface area contributed by atoms with Gasteiger partial charge in [0.05, 0.1) is 0 Å².